The normalized spacial score (nSPS) is 17.9. The zero-order chi connectivity index (χ0) is 13.1. The Morgan fingerprint density at radius 1 is 1.56 bits per heavy atom. The van der Waals surface area contributed by atoms with E-state index in [1.54, 1.807) is 6.07 Å². The first-order chi connectivity index (χ1) is 8.60. The van der Waals surface area contributed by atoms with Crippen molar-refractivity contribution in [3.8, 4) is 0 Å². The molecule has 2 heterocycles. The lowest BCUT2D eigenvalue weighted by Gasteiger charge is -2.25. The number of rotatable bonds is 3. The largest absolute Gasteiger partial charge is 0.456 e. The van der Waals surface area contributed by atoms with Crippen molar-refractivity contribution in [2.45, 2.75) is 13.5 Å². The predicted octanol–water partition coefficient (Wildman–Crippen LogP) is -0.244. The van der Waals surface area contributed by atoms with Crippen LogP contribution in [0.1, 0.15) is 21.9 Å². The summed E-state index contributed by atoms with van der Waals surface area (Å²) in [5.41, 5.74) is 3.02. The number of nitrogens with two attached hydrogens (primary N) is 1. The minimum atomic E-state index is -0.674. The van der Waals surface area contributed by atoms with Gasteiger partial charge in [0, 0.05) is 47.5 Å². The molecule has 1 amide bonds. The van der Waals surface area contributed by atoms with Crippen molar-refractivity contribution < 1.29 is 13.4 Å². The van der Waals surface area contributed by atoms with E-state index in [9.17, 15) is 9.00 Å². The van der Waals surface area contributed by atoms with Gasteiger partial charge in [-0.25, -0.2) is 5.84 Å². The molecule has 2 rings (SSSR count). The lowest BCUT2D eigenvalue weighted by molar-refractivity contribution is 0.0924. The second-order valence-electron chi connectivity index (χ2n) is 4.29. The molecule has 6 nitrogen and oxygen atoms in total. The number of amides is 1. The third kappa shape index (κ3) is 2.98. The van der Waals surface area contributed by atoms with Crippen LogP contribution in [0.25, 0.3) is 0 Å². The number of hydrogen-bond donors (Lipinski definition) is 2. The van der Waals surface area contributed by atoms with Crippen LogP contribution in [-0.4, -0.2) is 39.6 Å². The first-order valence-corrected chi connectivity index (χ1v) is 7.26. The van der Waals surface area contributed by atoms with Crippen LogP contribution in [0.4, 0.5) is 0 Å². The van der Waals surface area contributed by atoms with Gasteiger partial charge in [0.25, 0.3) is 0 Å². The molecule has 100 valence electrons. The third-order valence-corrected chi connectivity index (χ3v) is 4.32. The van der Waals surface area contributed by atoms with Gasteiger partial charge in [0.15, 0.2) is 5.76 Å². The van der Waals surface area contributed by atoms with Gasteiger partial charge in [-0.2, -0.15) is 0 Å². The lowest BCUT2D eigenvalue weighted by atomic mass is 10.2. The van der Waals surface area contributed by atoms with E-state index in [1.807, 2.05) is 12.3 Å². The quantitative estimate of drug-likeness (QED) is 0.450. The van der Waals surface area contributed by atoms with Crippen molar-refractivity contribution in [3.05, 3.63) is 23.2 Å². The first-order valence-electron chi connectivity index (χ1n) is 5.77. The fraction of sp³-hybridized carbons (Fsp3) is 0.545. The molecule has 0 saturated carbocycles. The van der Waals surface area contributed by atoms with E-state index in [-0.39, 0.29) is 5.76 Å². The number of nitrogens with zero attached hydrogens (tertiary/aromatic N) is 1. The Morgan fingerprint density at radius 2 is 2.22 bits per heavy atom. The van der Waals surface area contributed by atoms with E-state index in [1.165, 1.54) is 0 Å². The minimum absolute atomic E-state index is 0.227. The van der Waals surface area contributed by atoms with Gasteiger partial charge < -0.3 is 4.42 Å². The van der Waals surface area contributed by atoms with E-state index >= 15 is 0 Å². The standard InChI is InChI=1S/C11H17N3O3S/c1-8-9(6-10(17-8)11(15)13-12)7-14-2-4-18(16)5-3-14/h6H,2-5,7,12H2,1H3,(H,13,15). The molecular formula is C11H17N3O3S. The highest BCUT2D eigenvalue weighted by Crippen LogP contribution is 2.17. The van der Waals surface area contributed by atoms with E-state index in [2.05, 4.69) is 4.90 Å². The SMILES string of the molecule is Cc1oc(C(=O)NN)cc1CN1CCS(=O)CC1. The molecule has 0 unspecified atom stereocenters. The van der Waals surface area contributed by atoms with Crippen LogP contribution < -0.4 is 11.3 Å². The Hall–Kier alpha value is -1.18. The zero-order valence-electron chi connectivity index (χ0n) is 10.3. The maximum Gasteiger partial charge on any atom is 0.300 e. The highest BCUT2D eigenvalue weighted by Gasteiger charge is 2.19. The maximum atomic E-state index is 11.3. The fourth-order valence-electron chi connectivity index (χ4n) is 1.93. The first kappa shape index (κ1) is 13.3. The van der Waals surface area contributed by atoms with E-state index in [4.69, 9.17) is 10.3 Å². The average Bonchev–Trinajstić information content (AvgIpc) is 2.73. The minimum Gasteiger partial charge on any atom is -0.456 e. The molecule has 18 heavy (non-hydrogen) atoms. The van der Waals surface area contributed by atoms with Crippen molar-refractivity contribution in [1.82, 2.24) is 10.3 Å². The molecule has 0 spiro atoms. The molecule has 1 aromatic heterocycles. The van der Waals surface area contributed by atoms with Crippen LogP contribution in [0.3, 0.4) is 0 Å². The lowest BCUT2D eigenvalue weighted by Crippen LogP contribution is -2.37. The van der Waals surface area contributed by atoms with Crippen molar-refractivity contribution in [2.24, 2.45) is 5.84 Å². The number of carbonyl (C=O) groups is 1. The van der Waals surface area contributed by atoms with Gasteiger partial charge in [-0.3, -0.25) is 19.3 Å². The van der Waals surface area contributed by atoms with Crippen molar-refractivity contribution in [3.63, 3.8) is 0 Å². The summed E-state index contributed by atoms with van der Waals surface area (Å²) in [6.07, 6.45) is 0. The summed E-state index contributed by atoms with van der Waals surface area (Å²) in [4.78, 5) is 13.5. The summed E-state index contributed by atoms with van der Waals surface area (Å²) >= 11 is 0. The van der Waals surface area contributed by atoms with Gasteiger partial charge in [-0.05, 0) is 13.0 Å². The van der Waals surface area contributed by atoms with Crippen molar-refractivity contribution in [1.29, 1.82) is 0 Å². The van der Waals surface area contributed by atoms with Gasteiger partial charge in [-0.1, -0.05) is 0 Å². The summed E-state index contributed by atoms with van der Waals surface area (Å²) in [6.45, 7) is 4.17. The monoisotopic (exact) mass is 271 g/mol. The molecule has 0 aliphatic carbocycles. The van der Waals surface area contributed by atoms with Gasteiger partial charge in [0.05, 0.1) is 0 Å². The zero-order valence-corrected chi connectivity index (χ0v) is 11.1. The van der Waals surface area contributed by atoms with Crippen LogP contribution in [-0.2, 0) is 17.3 Å². The molecule has 1 saturated heterocycles. The Kier molecular flexibility index (Phi) is 4.15. The molecule has 3 N–H and O–H groups in total. The van der Waals surface area contributed by atoms with Gasteiger partial charge >= 0.3 is 5.91 Å². The number of hydrazine groups is 1. The van der Waals surface area contributed by atoms with Crippen LogP contribution in [0.5, 0.6) is 0 Å². The Balaban J connectivity index is 2.03. The van der Waals surface area contributed by atoms with Crippen LogP contribution in [0.2, 0.25) is 0 Å². The van der Waals surface area contributed by atoms with Crippen LogP contribution in [0, 0.1) is 6.92 Å². The Morgan fingerprint density at radius 3 is 2.83 bits per heavy atom. The van der Waals surface area contributed by atoms with Gasteiger partial charge in [-0.15, -0.1) is 0 Å². The second-order valence-corrected chi connectivity index (χ2v) is 5.99. The van der Waals surface area contributed by atoms with Crippen LogP contribution in [0.15, 0.2) is 10.5 Å². The van der Waals surface area contributed by atoms with E-state index < -0.39 is 16.7 Å². The van der Waals surface area contributed by atoms with Gasteiger partial charge in [0.1, 0.15) is 5.76 Å². The highest BCUT2D eigenvalue weighted by atomic mass is 32.2. The Bertz CT molecular complexity index is 462. The molecule has 1 aliphatic rings. The molecule has 0 bridgehead atoms. The van der Waals surface area contributed by atoms with E-state index in [0.29, 0.717) is 18.1 Å². The molecule has 0 radical (unpaired) electrons. The predicted molar refractivity (Wildman–Crippen MR) is 68.3 cm³/mol. The average molecular weight is 271 g/mol. The fourth-order valence-corrected chi connectivity index (χ4v) is 3.06. The number of nitrogens with one attached hydrogen (secondary N) is 1. The molecule has 0 atom stereocenters. The Labute approximate surface area is 108 Å². The summed E-state index contributed by atoms with van der Waals surface area (Å²) in [5, 5.41) is 0. The van der Waals surface area contributed by atoms with Crippen molar-refractivity contribution >= 4 is 16.7 Å². The number of hydrogen-bond acceptors (Lipinski definition) is 5. The van der Waals surface area contributed by atoms with Crippen molar-refractivity contribution in [2.75, 3.05) is 24.6 Å². The second kappa shape index (κ2) is 5.64. The molecule has 1 aromatic rings. The summed E-state index contributed by atoms with van der Waals surface area (Å²) in [7, 11) is -0.674. The molecular weight excluding hydrogens is 254 g/mol. The third-order valence-electron chi connectivity index (χ3n) is 3.04. The summed E-state index contributed by atoms with van der Waals surface area (Å²) < 4.78 is 16.6. The molecule has 1 fully saturated rings. The van der Waals surface area contributed by atoms with E-state index in [0.717, 1.165) is 24.4 Å². The topological polar surface area (TPSA) is 88.6 Å². The summed E-state index contributed by atoms with van der Waals surface area (Å²) in [6, 6.07) is 1.71. The molecule has 7 heteroatoms. The number of nitrogen functional groups attached to an aromatic ring is 1. The highest BCUT2D eigenvalue weighted by molar-refractivity contribution is 7.85. The summed E-state index contributed by atoms with van der Waals surface area (Å²) in [5.74, 6) is 7.01. The smallest absolute Gasteiger partial charge is 0.300 e. The number of furan rings is 1. The molecule has 1 aliphatic heterocycles. The number of aryl methyl sites for hydroxylation is 1. The molecule has 0 aromatic carbocycles. The van der Waals surface area contributed by atoms with Gasteiger partial charge in [0.2, 0.25) is 0 Å². The van der Waals surface area contributed by atoms with Crippen LogP contribution >= 0.6 is 0 Å². The maximum absolute atomic E-state index is 11.3. The number of carbonyl (C=O) groups excluding carboxylic acids is 1.